The van der Waals surface area contributed by atoms with E-state index >= 15 is 0 Å². The highest BCUT2D eigenvalue weighted by Crippen LogP contribution is 2.20. The summed E-state index contributed by atoms with van der Waals surface area (Å²) in [5.41, 5.74) is 2.82. The molecule has 0 atom stereocenters. The molecule has 0 saturated carbocycles. The molecule has 0 spiro atoms. The van der Waals surface area contributed by atoms with Gasteiger partial charge in [-0.2, -0.15) is 0 Å². The number of carbonyl (C=O) groups excluding carboxylic acids is 1. The first-order valence-corrected chi connectivity index (χ1v) is 10.4. The van der Waals surface area contributed by atoms with Crippen LogP contribution in [-0.2, 0) is 0 Å². The first-order chi connectivity index (χ1) is 14.7. The molecule has 156 valence electrons. The summed E-state index contributed by atoms with van der Waals surface area (Å²) in [7, 11) is 0. The number of nitrogens with one attached hydrogen (secondary N) is 2. The average molecular weight is 407 g/mol. The van der Waals surface area contributed by atoms with Gasteiger partial charge in [-0.1, -0.05) is 38.7 Å². The molecule has 0 aliphatic rings. The number of halogens is 1. The Morgan fingerprint density at radius 1 is 0.933 bits per heavy atom. The summed E-state index contributed by atoms with van der Waals surface area (Å²) < 4.78 is 13.1. The van der Waals surface area contributed by atoms with E-state index < -0.39 is 0 Å². The Balaban J connectivity index is 1.55. The second kappa shape index (κ2) is 11.0. The molecule has 1 aromatic heterocycles. The third kappa shape index (κ3) is 6.37. The van der Waals surface area contributed by atoms with Crippen LogP contribution in [0.5, 0.6) is 0 Å². The van der Waals surface area contributed by atoms with Gasteiger partial charge in [-0.25, -0.2) is 4.39 Å². The van der Waals surface area contributed by atoms with Gasteiger partial charge in [-0.15, -0.1) is 10.2 Å². The summed E-state index contributed by atoms with van der Waals surface area (Å²) in [6.07, 6.45) is 5.82. The minimum absolute atomic E-state index is 0.0770. The number of nitrogens with zero attached hydrogens (tertiary/aromatic N) is 2. The maximum absolute atomic E-state index is 13.1. The second-order valence-corrected chi connectivity index (χ2v) is 7.19. The van der Waals surface area contributed by atoms with Crippen LogP contribution in [0.15, 0.2) is 60.7 Å². The van der Waals surface area contributed by atoms with Crippen LogP contribution in [0.4, 0.5) is 15.9 Å². The van der Waals surface area contributed by atoms with Crippen molar-refractivity contribution in [1.82, 2.24) is 15.5 Å². The van der Waals surface area contributed by atoms with Crippen LogP contribution in [0.25, 0.3) is 11.3 Å². The van der Waals surface area contributed by atoms with E-state index in [0.29, 0.717) is 23.6 Å². The van der Waals surface area contributed by atoms with Crippen molar-refractivity contribution in [3.8, 4) is 11.3 Å². The quantitative estimate of drug-likeness (QED) is 0.422. The smallest absolute Gasteiger partial charge is 0.251 e. The molecule has 6 heteroatoms. The lowest BCUT2D eigenvalue weighted by Gasteiger charge is -2.09. The molecular formula is C24H27FN4O. The highest BCUT2D eigenvalue weighted by molar-refractivity contribution is 5.95. The summed E-state index contributed by atoms with van der Waals surface area (Å²) in [4.78, 5) is 12.4. The van der Waals surface area contributed by atoms with E-state index in [9.17, 15) is 9.18 Å². The number of aromatic nitrogens is 2. The van der Waals surface area contributed by atoms with Crippen molar-refractivity contribution in [3.63, 3.8) is 0 Å². The highest BCUT2D eigenvalue weighted by Gasteiger charge is 2.07. The van der Waals surface area contributed by atoms with E-state index in [2.05, 4.69) is 27.8 Å². The van der Waals surface area contributed by atoms with Gasteiger partial charge in [0, 0.05) is 23.4 Å². The topological polar surface area (TPSA) is 66.9 Å². The highest BCUT2D eigenvalue weighted by atomic mass is 19.1. The van der Waals surface area contributed by atoms with E-state index in [-0.39, 0.29) is 11.7 Å². The number of hydrogen-bond acceptors (Lipinski definition) is 4. The lowest BCUT2D eigenvalue weighted by molar-refractivity contribution is 0.0953. The normalized spacial score (nSPS) is 10.6. The lowest BCUT2D eigenvalue weighted by atomic mass is 10.1. The molecule has 0 unspecified atom stereocenters. The Morgan fingerprint density at radius 3 is 2.47 bits per heavy atom. The molecule has 5 nitrogen and oxygen atoms in total. The number of carbonyl (C=O) groups is 1. The number of rotatable bonds is 10. The molecule has 3 rings (SSSR count). The average Bonchev–Trinajstić information content (AvgIpc) is 2.77. The van der Waals surface area contributed by atoms with E-state index in [4.69, 9.17) is 0 Å². The van der Waals surface area contributed by atoms with Crippen molar-refractivity contribution in [2.24, 2.45) is 0 Å². The van der Waals surface area contributed by atoms with Crippen molar-refractivity contribution in [3.05, 3.63) is 72.0 Å². The van der Waals surface area contributed by atoms with Gasteiger partial charge in [0.2, 0.25) is 0 Å². The van der Waals surface area contributed by atoms with Crippen LogP contribution in [0, 0.1) is 5.82 Å². The van der Waals surface area contributed by atoms with Crippen LogP contribution in [0.3, 0.4) is 0 Å². The molecule has 1 heterocycles. The first-order valence-electron chi connectivity index (χ1n) is 10.4. The molecular weight excluding hydrogens is 379 g/mol. The first kappa shape index (κ1) is 21.4. The Bertz CT molecular complexity index is 942. The molecule has 3 aromatic rings. The van der Waals surface area contributed by atoms with Gasteiger partial charge in [0.05, 0.1) is 5.69 Å². The van der Waals surface area contributed by atoms with Gasteiger partial charge < -0.3 is 10.6 Å². The number of amides is 1. The number of benzene rings is 2. The predicted octanol–water partition coefficient (Wildman–Crippen LogP) is 5.73. The minimum atomic E-state index is -0.287. The molecule has 0 radical (unpaired) electrons. The second-order valence-electron chi connectivity index (χ2n) is 7.19. The van der Waals surface area contributed by atoms with Gasteiger partial charge in [-0.05, 0) is 61.0 Å². The van der Waals surface area contributed by atoms with Gasteiger partial charge in [0.1, 0.15) is 5.82 Å². The number of unbranched alkanes of at least 4 members (excludes halogenated alkanes) is 4. The zero-order chi connectivity index (χ0) is 21.2. The summed E-state index contributed by atoms with van der Waals surface area (Å²) in [5, 5.41) is 14.5. The largest absolute Gasteiger partial charge is 0.352 e. The van der Waals surface area contributed by atoms with Crippen LogP contribution in [0.1, 0.15) is 49.4 Å². The lowest BCUT2D eigenvalue weighted by Crippen LogP contribution is -2.24. The molecule has 2 N–H and O–H groups in total. The van der Waals surface area contributed by atoms with E-state index in [1.807, 2.05) is 18.2 Å². The molecule has 1 amide bonds. The SMILES string of the molecule is CCCCCCCNC(=O)c1cccc(Nc2ccc(-c3ccc(F)cc3)nn2)c1. The van der Waals surface area contributed by atoms with Crippen molar-refractivity contribution < 1.29 is 9.18 Å². The van der Waals surface area contributed by atoms with Crippen molar-refractivity contribution >= 4 is 17.4 Å². The van der Waals surface area contributed by atoms with Gasteiger partial charge in [0.15, 0.2) is 5.82 Å². The Kier molecular flexibility index (Phi) is 7.89. The van der Waals surface area contributed by atoms with Crippen molar-refractivity contribution in [2.45, 2.75) is 39.0 Å². The Morgan fingerprint density at radius 2 is 1.73 bits per heavy atom. The zero-order valence-electron chi connectivity index (χ0n) is 17.2. The molecule has 0 bridgehead atoms. The fourth-order valence-corrected chi connectivity index (χ4v) is 3.09. The van der Waals surface area contributed by atoms with Gasteiger partial charge in [-0.3, -0.25) is 4.79 Å². The standard InChI is InChI=1S/C24H27FN4O/c1-2-3-4-5-6-16-26-24(30)19-8-7-9-21(17-19)27-23-15-14-22(28-29-23)18-10-12-20(25)13-11-18/h7-15,17H,2-6,16H2,1H3,(H,26,30)(H,27,29). The van der Waals surface area contributed by atoms with Gasteiger partial charge >= 0.3 is 0 Å². The fraction of sp³-hybridized carbons (Fsp3) is 0.292. The third-order valence-corrected chi connectivity index (χ3v) is 4.77. The monoisotopic (exact) mass is 406 g/mol. The number of anilines is 2. The zero-order valence-corrected chi connectivity index (χ0v) is 17.2. The Hall–Kier alpha value is -3.28. The summed E-state index contributed by atoms with van der Waals surface area (Å²) in [6.45, 7) is 2.88. The molecule has 0 fully saturated rings. The minimum Gasteiger partial charge on any atom is -0.352 e. The summed E-state index contributed by atoms with van der Waals surface area (Å²) in [5.74, 6) is 0.201. The van der Waals surface area contributed by atoms with Crippen molar-refractivity contribution in [2.75, 3.05) is 11.9 Å². The molecule has 0 saturated heterocycles. The third-order valence-electron chi connectivity index (χ3n) is 4.77. The van der Waals surface area contributed by atoms with Crippen LogP contribution in [0.2, 0.25) is 0 Å². The van der Waals surface area contributed by atoms with E-state index in [1.54, 1.807) is 30.3 Å². The van der Waals surface area contributed by atoms with E-state index in [1.165, 1.54) is 31.4 Å². The fourth-order valence-electron chi connectivity index (χ4n) is 3.09. The Labute approximate surface area is 176 Å². The van der Waals surface area contributed by atoms with Gasteiger partial charge in [0.25, 0.3) is 5.91 Å². The molecule has 0 aliphatic heterocycles. The van der Waals surface area contributed by atoms with E-state index in [0.717, 1.165) is 24.1 Å². The number of hydrogen-bond donors (Lipinski definition) is 2. The predicted molar refractivity (Wildman–Crippen MR) is 118 cm³/mol. The van der Waals surface area contributed by atoms with Crippen LogP contribution >= 0.6 is 0 Å². The summed E-state index contributed by atoms with van der Waals surface area (Å²) >= 11 is 0. The molecule has 0 aliphatic carbocycles. The molecule has 30 heavy (non-hydrogen) atoms. The van der Waals surface area contributed by atoms with Crippen LogP contribution < -0.4 is 10.6 Å². The maximum Gasteiger partial charge on any atom is 0.251 e. The van der Waals surface area contributed by atoms with Crippen LogP contribution in [-0.4, -0.2) is 22.6 Å². The molecule has 2 aromatic carbocycles. The van der Waals surface area contributed by atoms with Crippen molar-refractivity contribution in [1.29, 1.82) is 0 Å². The summed E-state index contributed by atoms with van der Waals surface area (Å²) in [6, 6.07) is 17.0. The maximum atomic E-state index is 13.1.